The number of para-hydroxylation sites is 1. The highest BCUT2D eigenvalue weighted by Gasteiger charge is 2.33. The van der Waals surface area contributed by atoms with Crippen LogP contribution in [0.5, 0.6) is 5.75 Å². The number of nitrogens with zero attached hydrogens (tertiary/aromatic N) is 2. The molecule has 2 fully saturated rings. The van der Waals surface area contributed by atoms with Crippen molar-refractivity contribution in [1.82, 2.24) is 9.21 Å². The minimum atomic E-state index is -3.97. The topological polar surface area (TPSA) is 117 Å². The van der Waals surface area contributed by atoms with Gasteiger partial charge in [0.15, 0.2) is 0 Å². The summed E-state index contributed by atoms with van der Waals surface area (Å²) in [6.07, 6.45) is 2.30. The number of carboxylic acid groups (broad SMARTS) is 1. The van der Waals surface area contributed by atoms with Gasteiger partial charge in [0.2, 0.25) is 10.9 Å². The molecule has 1 N–H and O–H groups in total. The van der Waals surface area contributed by atoms with E-state index in [0.29, 0.717) is 23.8 Å². The van der Waals surface area contributed by atoms with E-state index in [2.05, 4.69) is 0 Å². The number of amides is 1. The molecule has 4 rings (SSSR count). The third-order valence-corrected chi connectivity index (χ3v) is 6.97. The molecule has 2 aliphatic rings. The Morgan fingerprint density at radius 3 is 2.40 bits per heavy atom. The minimum absolute atomic E-state index is 0.0856. The van der Waals surface area contributed by atoms with Crippen LogP contribution in [0.25, 0.3) is 0 Å². The molecule has 0 bridgehead atoms. The fourth-order valence-electron chi connectivity index (χ4n) is 3.26. The Kier molecular flexibility index (Phi) is 5.52. The van der Waals surface area contributed by atoms with Crippen molar-refractivity contribution in [2.24, 2.45) is 5.92 Å². The van der Waals surface area contributed by atoms with Gasteiger partial charge in [0.05, 0.1) is 12.2 Å². The molecule has 30 heavy (non-hydrogen) atoms. The monoisotopic (exact) mass is 434 g/mol. The van der Waals surface area contributed by atoms with Crippen LogP contribution in [0.15, 0.2) is 45.9 Å². The predicted molar refractivity (Wildman–Crippen MR) is 105 cm³/mol. The Labute approximate surface area is 173 Å². The summed E-state index contributed by atoms with van der Waals surface area (Å²) in [7, 11) is -3.97. The van der Waals surface area contributed by atoms with Gasteiger partial charge in [-0.15, -0.1) is 0 Å². The zero-order chi connectivity index (χ0) is 21.3. The molecule has 2 aromatic rings. The summed E-state index contributed by atoms with van der Waals surface area (Å²) < 4.78 is 37.3. The predicted octanol–water partition coefficient (Wildman–Crippen LogP) is 1.91. The number of hydrogen-bond donors (Lipinski definition) is 1. The molecule has 1 aliphatic heterocycles. The van der Waals surface area contributed by atoms with Gasteiger partial charge in [-0.05, 0) is 43.0 Å². The van der Waals surface area contributed by atoms with Gasteiger partial charge in [0.25, 0.3) is 15.9 Å². The third kappa shape index (κ3) is 4.19. The second-order valence-corrected chi connectivity index (χ2v) is 9.24. The Bertz CT molecular complexity index is 1050. The highest BCUT2D eigenvalue weighted by molar-refractivity contribution is 7.89. The molecular formula is C20H22N2O7S. The fraction of sp³-hybridized carbons (Fsp3) is 0.400. The zero-order valence-electron chi connectivity index (χ0n) is 16.2. The van der Waals surface area contributed by atoms with Crippen molar-refractivity contribution < 1.29 is 32.3 Å². The van der Waals surface area contributed by atoms with E-state index in [1.807, 2.05) is 6.07 Å². The average Bonchev–Trinajstić information content (AvgIpc) is 3.43. The van der Waals surface area contributed by atoms with E-state index >= 15 is 0 Å². The first-order valence-corrected chi connectivity index (χ1v) is 11.1. The maximum Gasteiger partial charge on any atom is 0.371 e. The molecule has 0 spiro atoms. The van der Waals surface area contributed by atoms with Crippen LogP contribution in [0, 0.1) is 5.92 Å². The molecule has 1 aromatic carbocycles. The SMILES string of the molecule is O=C(O)c1ccc(S(=O)(=O)N2CCN(C(=O)c3ccccc3OCC3CC3)CC2)o1. The summed E-state index contributed by atoms with van der Waals surface area (Å²) in [6.45, 7) is 1.19. The van der Waals surface area contributed by atoms with E-state index in [-0.39, 0.29) is 32.1 Å². The average molecular weight is 434 g/mol. The van der Waals surface area contributed by atoms with Crippen LogP contribution >= 0.6 is 0 Å². The molecule has 2 heterocycles. The van der Waals surface area contributed by atoms with E-state index in [9.17, 15) is 18.0 Å². The maximum atomic E-state index is 13.0. The number of aromatic carboxylic acids is 1. The lowest BCUT2D eigenvalue weighted by molar-refractivity contribution is 0.0651. The number of benzene rings is 1. The standard InChI is InChI=1S/C20H22N2O7S/c23-19(15-3-1-2-4-16(15)28-13-14-5-6-14)21-9-11-22(12-10-21)30(26,27)18-8-7-17(29-18)20(24)25/h1-4,7-8,14H,5-6,9-13H2,(H,24,25). The fourth-order valence-corrected chi connectivity index (χ4v) is 4.60. The number of hydrogen-bond acceptors (Lipinski definition) is 6. The quantitative estimate of drug-likeness (QED) is 0.707. The molecule has 1 aromatic heterocycles. The Morgan fingerprint density at radius 1 is 1.07 bits per heavy atom. The normalized spacial score (nSPS) is 17.7. The summed E-state index contributed by atoms with van der Waals surface area (Å²) in [4.78, 5) is 25.5. The van der Waals surface area contributed by atoms with Gasteiger partial charge in [0.1, 0.15) is 5.75 Å². The van der Waals surface area contributed by atoms with Crippen molar-refractivity contribution in [3.05, 3.63) is 47.7 Å². The van der Waals surface area contributed by atoms with Gasteiger partial charge in [0, 0.05) is 26.2 Å². The van der Waals surface area contributed by atoms with Crippen LogP contribution < -0.4 is 4.74 Å². The summed E-state index contributed by atoms with van der Waals surface area (Å²) in [5, 5.41) is 8.50. The Balaban J connectivity index is 1.41. The summed E-state index contributed by atoms with van der Waals surface area (Å²) in [5.41, 5.74) is 0.464. The first-order valence-electron chi connectivity index (χ1n) is 9.70. The number of carboxylic acids is 1. The van der Waals surface area contributed by atoms with Crippen molar-refractivity contribution in [3.8, 4) is 5.75 Å². The number of ether oxygens (including phenoxy) is 1. The van der Waals surface area contributed by atoms with E-state index in [1.54, 1.807) is 23.1 Å². The van der Waals surface area contributed by atoms with Crippen molar-refractivity contribution >= 4 is 21.9 Å². The van der Waals surface area contributed by atoms with Crippen molar-refractivity contribution in [2.75, 3.05) is 32.8 Å². The van der Waals surface area contributed by atoms with Crippen LogP contribution in [0.3, 0.4) is 0 Å². The lowest BCUT2D eigenvalue weighted by Gasteiger charge is -2.33. The highest BCUT2D eigenvalue weighted by atomic mass is 32.2. The number of sulfonamides is 1. The van der Waals surface area contributed by atoms with E-state index in [4.69, 9.17) is 14.3 Å². The number of carbonyl (C=O) groups excluding carboxylic acids is 1. The van der Waals surface area contributed by atoms with Gasteiger partial charge in [-0.25, -0.2) is 13.2 Å². The van der Waals surface area contributed by atoms with Crippen LogP contribution in [0.1, 0.15) is 33.8 Å². The molecule has 0 radical (unpaired) electrons. The Morgan fingerprint density at radius 2 is 1.77 bits per heavy atom. The van der Waals surface area contributed by atoms with Gasteiger partial charge in [-0.3, -0.25) is 4.79 Å². The number of piperazine rings is 1. The summed E-state index contributed by atoms with van der Waals surface area (Å²) in [5.74, 6) is -0.879. The third-order valence-electron chi connectivity index (χ3n) is 5.20. The molecule has 1 amide bonds. The van der Waals surface area contributed by atoms with Crippen molar-refractivity contribution in [3.63, 3.8) is 0 Å². The van der Waals surface area contributed by atoms with E-state index < -0.39 is 26.8 Å². The van der Waals surface area contributed by atoms with Gasteiger partial charge >= 0.3 is 5.97 Å². The Hall–Kier alpha value is -2.85. The lowest BCUT2D eigenvalue weighted by Crippen LogP contribution is -2.50. The van der Waals surface area contributed by atoms with Crippen LogP contribution in [0.4, 0.5) is 0 Å². The molecule has 1 saturated carbocycles. The minimum Gasteiger partial charge on any atom is -0.492 e. The molecule has 1 saturated heterocycles. The summed E-state index contributed by atoms with van der Waals surface area (Å²) in [6, 6.07) is 9.31. The molecule has 0 atom stereocenters. The number of furan rings is 1. The lowest BCUT2D eigenvalue weighted by atomic mass is 10.1. The summed E-state index contributed by atoms with van der Waals surface area (Å²) >= 11 is 0. The van der Waals surface area contributed by atoms with Crippen molar-refractivity contribution in [1.29, 1.82) is 0 Å². The first kappa shape index (κ1) is 20.4. The first-order chi connectivity index (χ1) is 14.4. The zero-order valence-corrected chi connectivity index (χ0v) is 17.0. The van der Waals surface area contributed by atoms with Crippen molar-refractivity contribution in [2.45, 2.75) is 17.9 Å². The highest BCUT2D eigenvalue weighted by Crippen LogP contribution is 2.31. The second-order valence-electron chi connectivity index (χ2n) is 7.37. The number of rotatable bonds is 7. The molecule has 0 unspecified atom stereocenters. The number of carbonyl (C=O) groups is 2. The van der Waals surface area contributed by atoms with E-state index in [0.717, 1.165) is 25.0 Å². The smallest absolute Gasteiger partial charge is 0.371 e. The van der Waals surface area contributed by atoms with Crippen LogP contribution in [0.2, 0.25) is 0 Å². The molecule has 1 aliphatic carbocycles. The van der Waals surface area contributed by atoms with E-state index in [1.165, 1.54) is 4.31 Å². The van der Waals surface area contributed by atoms with Gasteiger partial charge in [-0.2, -0.15) is 4.31 Å². The molecule has 9 nitrogen and oxygen atoms in total. The van der Waals surface area contributed by atoms with Crippen LogP contribution in [-0.4, -0.2) is 67.4 Å². The molecule has 10 heteroatoms. The maximum absolute atomic E-state index is 13.0. The van der Waals surface area contributed by atoms with Crippen LogP contribution in [-0.2, 0) is 10.0 Å². The molecule has 160 valence electrons. The van der Waals surface area contributed by atoms with Gasteiger partial charge in [-0.1, -0.05) is 12.1 Å². The molecular weight excluding hydrogens is 412 g/mol. The largest absolute Gasteiger partial charge is 0.492 e. The van der Waals surface area contributed by atoms with Gasteiger partial charge < -0.3 is 19.2 Å². The second kappa shape index (κ2) is 8.11.